The molecule has 1 N–H and O–H groups in total. The molecule has 170 valence electrons. The Balaban J connectivity index is 2.07. The Bertz CT molecular complexity index is 829. The number of nitrogens with zero attached hydrogens (tertiary/aromatic N) is 2. The van der Waals surface area contributed by atoms with Gasteiger partial charge in [-0.1, -0.05) is 18.2 Å². The fraction of sp³-hybridized carbons (Fsp3) is 0.500. The molecule has 0 aliphatic carbocycles. The molecule has 0 fully saturated rings. The van der Waals surface area contributed by atoms with Crippen LogP contribution in [0.25, 0.3) is 0 Å². The highest BCUT2D eigenvalue weighted by Gasteiger charge is 2.23. The van der Waals surface area contributed by atoms with E-state index in [-0.39, 0.29) is 36.5 Å². The number of amides is 2. The van der Waals surface area contributed by atoms with Crippen LogP contribution < -0.4 is 10.1 Å². The number of benzene rings is 1. The molecule has 1 unspecified atom stereocenters. The van der Waals surface area contributed by atoms with Crippen molar-refractivity contribution in [3.05, 3.63) is 52.2 Å². The summed E-state index contributed by atoms with van der Waals surface area (Å²) >= 11 is 1.73. The maximum absolute atomic E-state index is 12.9. The molecular weight excluding hydrogens is 410 g/mol. The molecule has 0 saturated heterocycles. The first-order valence-corrected chi connectivity index (χ1v) is 11.4. The summed E-state index contributed by atoms with van der Waals surface area (Å²) in [5, 5.41) is 4.98. The second-order valence-electron chi connectivity index (χ2n) is 8.93. The zero-order valence-corrected chi connectivity index (χ0v) is 20.3. The van der Waals surface area contributed by atoms with Gasteiger partial charge in [-0.3, -0.25) is 14.5 Å². The summed E-state index contributed by atoms with van der Waals surface area (Å²) in [5.74, 6) is 0.579. The van der Waals surface area contributed by atoms with Crippen molar-refractivity contribution in [1.82, 2.24) is 15.1 Å². The lowest BCUT2D eigenvalue weighted by Gasteiger charge is -2.30. The molecule has 0 aliphatic rings. The third-order valence-corrected chi connectivity index (χ3v) is 5.80. The van der Waals surface area contributed by atoms with Crippen LogP contribution in [-0.4, -0.2) is 60.4 Å². The minimum absolute atomic E-state index is 0.0474. The van der Waals surface area contributed by atoms with Gasteiger partial charge in [0.05, 0.1) is 20.2 Å². The monoisotopic (exact) mass is 445 g/mol. The van der Waals surface area contributed by atoms with Crippen LogP contribution in [0, 0.1) is 0 Å². The summed E-state index contributed by atoms with van der Waals surface area (Å²) in [6.45, 7) is 8.86. The average Bonchev–Trinajstić information content (AvgIpc) is 3.19. The van der Waals surface area contributed by atoms with Gasteiger partial charge in [0.25, 0.3) is 0 Å². The first-order valence-electron chi connectivity index (χ1n) is 10.5. The highest BCUT2D eigenvalue weighted by molar-refractivity contribution is 7.09. The van der Waals surface area contributed by atoms with Gasteiger partial charge in [-0.15, -0.1) is 11.3 Å². The van der Waals surface area contributed by atoms with Crippen molar-refractivity contribution < 1.29 is 14.3 Å². The van der Waals surface area contributed by atoms with E-state index in [2.05, 4.69) is 28.6 Å². The summed E-state index contributed by atoms with van der Waals surface area (Å²) in [6.07, 6.45) is 0.870. The Hall–Kier alpha value is -2.38. The third kappa shape index (κ3) is 8.71. The van der Waals surface area contributed by atoms with Crippen LogP contribution in [0.4, 0.5) is 0 Å². The second-order valence-corrected chi connectivity index (χ2v) is 9.97. The van der Waals surface area contributed by atoms with E-state index in [4.69, 9.17) is 4.74 Å². The number of ether oxygens (including phenoxy) is 1. The van der Waals surface area contributed by atoms with Crippen molar-refractivity contribution in [3.63, 3.8) is 0 Å². The number of hydrogen-bond acceptors (Lipinski definition) is 5. The minimum Gasteiger partial charge on any atom is -0.497 e. The topological polar surface area (TPSA) is 61.9 Å². The third-order valence-electron chi connectivity index (χ3n) is 4.90. The van der Waals surface area contributed by atoms with Gasteiger partial charge in [-0.05, 0) is 63.3 Å². The predicted octanol–water partition coefficient (Wildman–Crippen LogP) is 3.56. The van der Waals surface area contributed by atoms with Crippen LogP contribution in [0.5, 0.6) is 5.75 Å². The second kappa shape index (κ2) is 11.3. The maximum atomic E-state index is 12.9. The zero-order valence-electron chi connectivity index (χ0n) is 19.5. The average molecular weight is 446 g/mol. The van der Waals surface area contributed by atoms with Crippen molar-refractivity contribution in [2.45, 2.75) is 52.2 Å². The van der Waals surface area contributed by atoms with Crippen LogP contribution >= 0.6 is 11.3 Å². The van der Waals surface area contributed by atoms with Crippen molar-refractivity contribution in [3.8, 4) is 5.75 Å². The predicted molar refractivity (Wildman–Crippen MR) is 126 cm³/mol. The SMILES string of the molecule is COc1ccc(CN(CC(=O)N(C)CC(=O)NC(C)(C)C)C(C)Cc2cccs2)cc1. The molecule has 6 nitrogen and oxygen atoms in total. The van der Waals surface area contributed by atoms with Crippen LogP contribution in [0.1, 0.15) is 38.1 Å². The molecule has 1 aromatic heterocycles. The summed E-state index contributed by atoms with van der Waals surface area (Å²) in [7, 11) is 3.33. The standard InChI is InChI=1S/C24H35N3O3S/c1-18(14-21-8-7-13-31-21)27(15-19-9-11-20(30-6)12-10-19)17-23(29)26(5)16-22(28)25-24(2,3)4/h7-13,18H,14-17H2,1-6H3,(H,25,28). The van der Waals surface area contributed by atoms with Gasteiger partial charge in [0.2, 0.25) is 11.8 Å². The number of nitrogens with one attached hydrogen (secondary N) is 1. The number of carbonyl (C=O) groups is 2. The molecule has 0 radical (unpaired) electrons. The Labute approximate surface area is 190 Å². The number of carbonyl (C=O) groups excluding carboxylic acids is 2. The molecule has 1 aromatic carbocycles. The number of methoxy groups -OCH3 is 1. The van der Waals surface area contributed by atoms with Gasteiger partial charge in [-0.2, -0.15) is 0 Å². The quantitative estimate of drug-likeness (QED) is 0.607. The van der Waals surface area contributed by atoms with E-state index < -0.39 is 0 Å². The molecule has 0 aliphatic heterocycles. The van der Waals surface area contributed by atoms with Gasteiger partial charge in [0.1, 0.15) is 5.75 Å². The molecule has 31 heavy (non-hydrogen) atoms. The van der Waals surface area contributed by atoms with Crippen LogP contribution in [0.15, 0.2) is 41.8 Å². The number of likely N-dealkylation sites (N-methyl/N-ethyl adjacent to an activating group) is 1. The molecule has 7 heteroatoms. The first kappa shape index (κ1) is 24.9. The fourth-order valence-corrected chi connectivity index (χ4v) is 4.06. The number of thiophene rings is 1. The van der Waals surface area contributed by atoms with Gasteiger partial charge >= 0.3 is 0 Å². The van der Waals surface area contributed by atoms with Gasteiger partial charge in [-0.25, -0.2) is 0 Å². The normalized spacial score (nSPS) is 12.5. The van der Waals surface area contributed by atoms with Crippen LogP contribution in [-0.2, 0) is 22.6 Å². The van der Waals surface area contributed by atoms with E-state index in [0.717, 1.165) is 17.7 Å². The number of rotatable bonds is 10. The van der Waals surface area contributed by atoms with Crippen molar-refractivity contribution in [2.24, 2.45) is 0 Å². The van der Waals surface area contributed by atoms with Crippen LogP contribution in [0.2, 0.25) is 0 Å². The van der Waals surface area contributed by atoms with E-state index in [1.54, 1.807) is 25.5 Å². The molecular formula is C24H35N3O3S. The Morgan fingerprint density at radius 1 is 1.13 bits per heavy atom. The number of hydrogen-bond donors (Lipinski definition) is 1. The van der Waals surface area contributed by atoms with Gasteiger partial charge < -0.3 is 15.0 Å². The summed E-state index contributed by atoms with van der Waals surface area (Å²) in [6, 6.07) is 12.2. The fourth-order valence-electron chi connectivity index (χ4n) is 3.24. The van der Waals surface area contributed by atoms with E-state index >= 15 is 0 Å². The Morgan fingerprint density at radius 2 is 1.81 bits per heavy atom. The van der Waals surface area contributed by atoms with Crippen LogP contribution in [0.3, 0.4) is 0 Å². The minimum atomic E-state index is -0.323. The smallest absolute Gasteiger partial charge is 0.240 e. The highest BCUT2D eigenvalue weighted by atomic mass is 32.1. The molecule has 0 saturated carbocycles. The zero-order chi connectivity index (χ0) is 23.0. The molecule has 0 spiro atoms. The molecule has 0 bridgehead atoms. The van der Waals surface area contributed by atoms with Crippen molar-refractivity contribution in [1.29, 1.82) is 0 Å². The lowest BCUT2D eigenvalue weighted by molar-refractivity contribution is -0.136. The molecule has 2 aromatic rings. The van der Waals surface area contributed by atoms with E-state index in [1.165, 1.54) is 9.78 Å². The first-order chi connectivity index (χ1) is 14.6. The molecule has 2 amide bonds. The lowest BCUT2D eigenvalue weighted by Crippen LogP contribution is -2.48. The van der Waals surface area contributed by atoms with E-state index in [0.29, 0.717) is 6.54 Å². The van der Waals surface area contributed by atoms with Gasteiger partial charge in [0, 0.05) is 30.1 Å². The largest absolute Gasteiger partial charge is 0.497 e. The van der Waals surface area contributed by atoms with Gasteiger partial charge in [0.15, 0.2) is 0 Å². The lowest BCUT2D eigenvalue weighted by atomic mass is 10.1. The summed E-state index contributed by atoms with van der Waals surface area (Å²) in [4.78, 5) is 30.1. The summed E-state index contributed by atoms with van der Waals surface area (Å²) in [5.41, 5.74) is 0.788. The Morgan fingerprint density at radius 3 is 2.35 bits per heavy atom. The highest BCUT2D eigenvalue weighted by Crippen LogP contribution is 2.18. The van der Waals surface area contributed by atoms with E-state index in [1.807, 2.05) is 51.1 Å². The van der Waals surface area contributed by atoms with Crippen molar-refractivity contribution >= 4 is 23.2 Å². The van der Waals surface area contributed by atoms with Crippen molar-refractivity contribution in [2.75, 3.05) is 27.2 Å². The summed E-state index contributed by atoms with van der Waals surface area (Å²) < 4.78 is 5.25. The Kier molecular flexibility index (Phi) is 9.07. The van der Waals surface area contributed by atoms with E-state index in [9.17, 15) is 9.59 Å². The molecule has 1 atom stereocenters. The molecule has 1 heterocycles. The molecule has 2 rings (SSSR count). The maximum Gasteiger partial charge on any atom is 0.240 e.